The second-order valence-electron chi connectivity index (χ2n) is 11.8. The Morgan fingerprint density at radius 1 is 0.810 bits per heavy atom. The summed E-state index contributed by atoms with van der Waals surface area (Å²) in [5.41, 5.74) is 7.10. The summed E-state index contributed by atoms with van der Waals surface area (Å²) in [4.78, 5) is 13.9. The van der Waals surface area contributed by atoms with E-state index in [0.717, 1.165) is 74.5 Å². The molecule has 0 bridgehead atoms. The van der Waals surface area contributed by atoms with Gasteiger partial charge in [-0.1, -0.05) is 67.2 Å². The smallest absolute Gasteiger partial charge is 0.297 e. The van der Waals surface area contributed by atoms with E-state index < -0.39 is 0 Å². The molecule has 1 N–H and O–H groups in total. The second-order valence-corrected chi connectivity index (χ2v) is 11.8. The van der Waals surface area contributed by atoms with Crippen LogP contribution < -0.4 is 20.3 Å². The van der Waals surface area contributed by atoms with Crippen LogP contribution in [0.2, 0.25) is 0 Å². The van der Waals surface area contributed by atoms with Crippen molar-refractivity contribution in [2.75, 3.05) is 25.1 Å². The van der Waals surface area contributed by atoms with Gasteiger partial charge in [-0.05, 0) is 104 Å². The fourth-order valence-corrected chi connectivity index (χ4v) is 4.63. The minimum absolute atomic E-state index is 0.113. The monoisotopic (exact) mass is 576 g/mol. The number of nitrogens with one attached hydrogen (secondary N) is 1. The topological polar surface area (TPSA) is 52.5 Å². The van der Waals surface area contributed by atoms with Crippen LogP contribution in [0.3, 0.4) is 0 Å². The molecule has 0 amide bonds. The molecule has 0 aliphatic heterocycles. The van der Waals surface area contributed by atoms with Gasteiger partial charge in [0, 0.05) is 24.2 Å². The van der Waals surface area contributed by atoms with E-state index in [2.05, 4.69) is 103 Å². The molecular weight excluding hydrogens is 520 g/mol. The van der Waals surface area contributed by atoms with Gasteiger partial charge in [0.15, 0.2) is 5.75 Å². The van der Waals surface area contributed by atoms with Crippen molar-refractivity contribution in [1.82, 2.24) is 4.57 Å². The largest absolute Gasteiger partial charge is 0.485 e. The predicted molar refractivity (Wildman–Crippen MR) is 182 cm³/mol. The van der Waals surface area contributed by atoms with E-state index in [9.17, 15) is 4.79 Å². The summed E-state index contributed by atoms with van der Waals surface area (Å²) in [7, 11) is 0. The summed E-state index contributed by atoms with van der Waals surface area (Å²) >= 11 is 0. The average molecular weight is 577 g/mol. The third kappa shape index (κ3) is 12.0. The molecule has 0 atom stereocenters. The van der Waals surface area contributed by atoms with E-state index in [1.54, 1.807) is 0 Å². The first-order valence-electron chi connectivity index (χ1n) is 16.0. The fourth-order valence-electron chi connectivity index (χ4n) is 4.63. The van der Waals surface area contributed by atoms with E-state index >= 15 is 0 Å². The zero-order valence-corrected chi connectivity index (χ0v) is 27.7. The summed E-state index contributed by atoms with van der Waals surface area (Å²) in [6, 6.07) is 6.23. The quantitative estimate of drug-likeness (QED) is 0.133. The van der Waals surface area contributed by atoms with Crippen LogP contribution in [0.25, 0.3) is 10.9 Å². The number of hydrogen-bond acceptors (Lipinski definition) is 4. The van der Waals surface area contributed by atoms with E-state index in [4.69, 9.17) is 9.47 Å². The number of rotatable bonds is 19. The first-order valence-corrected chi connectivity index (χ1v) is 16.0. The van der Waals surface area contributed by atoms with Gasteiger partial charge in [-0.15, -0.1) is 0 Å². The number of ether oxygens (including phenoxy) is 2. The Bertz CT molecular complexity index is 1300. The Morgan fingerprint density at radius 3 is 2.07 bits per heavy atom. The number of fused-ring (bicyclic) bond motifs is 1. The molecule has 1 heterocycles. The Morgan fingerprint density at radius 2 is 1.45 bits per heavy atom. The zero-order chi connectivity index (χ0) is 30.9. The zero-order valence-electron chi connectivity index (χ0n) is 27.7. The van der Waals surface area contributed by atoms with Crippen LogP contribution in [0.15, 0.2) is 69.6 Å². The number of allylic oxidation sites excluding steroid dienone is 6. The van der Waals surface area contributed by atoms with Crippen LogP contribution in [0.5, 0.6) is 11.5 Å². The maximum atomic E-state index is 13.9. The highest BCUT2D eigenvalue weighted by atomic mass is 16.5. The van der Waals surface area contributed by atoms with Gasteiger partial charge in [-0.25, -0.2) is 0 Å². The third-order valence-corrected chi connectivity index (χ3v) is 7.26. The maximum Gasteiger partial charge on any atom is 0.297 e. The number of aromatic nitrogens is 1. The molecule has 0 aliphatic carbocycles. The maximum absolute atomic E-state index is 13.9. The number of anilines is 1. The molecule has 1 aromatic carbocycles. The van der Waals surface area contributed by atoms with Gasteiger partial charge >= 0.3 is 0 Å². The van der Waals surface area contributed by atoms with Crippen molar-refractivity contribution in [1.29, 1.82) is 0 Å². The van der Waals surface area contributed by atoms with Crippen LogP contribution in [0, 0.1) is 0 Å². The van der Waals surface area contributed by atoms with E-state index in [1.807, 2.05) is 4.57 Å². The van der Waals surface area contributed by atoms with Crippen molar-refractivity contribution in [2.45, 2.75) is 113 Å². The predicted octanol–water partition coefficient (Wildman–Crippen LogP) is 10.2. The second kappa shape index (κ2) is 19.1. The molecule has 2 rings (SSSR count). The Kier molecular flexibility index (Phi) is 15.9. The molecule has 1 aromatic heterocycles. The number of aryl methyl sites for hydroxylation is 1. The number of unbranched alkanes of at least 4 members (excludes halogenated alkanes) is 2. The summed E-state index contributed by atoms with van der Waals surface area (Å²) in [6.45, 7) is 19.4. The highest BCUT2D eigenvalue weighted by molar-refractivity contribution is 5.90. The van der Waals surface area contributed by atoms with Gasteiger partial charge in [0.1, 0.15) is 6.61 Å². The number of benzene rings is 1. The van der Waals surface area contributed by atoms with Crippen molar-refractivity contribution in [3.05, 3.63) is 75.1 Å². The van der Waals surface area contributed by atoms with E-state index in [0.29, 0.717) is 31.3 Å². The molecule has 2 aromatic rings. The van der Waals surface area contributed by atoms with Crippen molar-refractivity contribution in [3.63, 3.8) is 0 Å². The number of nitrogens with zero attached hydrogens (tertiary/aromatic N) is 1. The van der Waals surface area contributed by atoms with E-state index in [-0.39, 0.29) is 5.56 Å². The molecule has 0 radical (unpaired) electrons. The van der Waals surface area contributed by atoms with Crippen molar-refractivity contribution >= 4 is 16.6 Å². The van der Waals surface area contributed by atoms with Crippen LogP contribution in [0.4, 0.5) is 5.69 Å². The molecular formula is C37H56N2O3. The number of hydrogen-bond donors (Lipinski definition) is 1. The SMILES string of the molecule is CCCCOc1c(OC/C=C(\C)CCC=C(C)C)c2ccc(NC/C=C(\C)CCC=C(C)C)cc2n(CCCC)c1=O. The van der Waals surface area contributed by atoms with Crippen LogP contribution in [-0.4, -0.2) is 24.3 Å². The average Bonchev–Trinajstić information content (AvgIpc) is 2.93. The molecule has 0 unspecified atom stereocenters. The lowest BCUT2D eigenvalue weighted by Crippen LogP contribution is -2.24. The molecule has 42 heavy (non-hydrogen) atoms. The molecule has 0 saturated heterocycles. The lowest BCUT2D eigenvalue weighted by Gasteiger charge is -2.19. The lowest BCUT2D eigenvalue weighted by atomic mass is 10.1. The number of pyridine rings is 1. The molecule has 0 saturated carbocycles. The van der Waals surface area contributed by atoms with Crippen LogP contribution in [0.1, 0.15) is 107 Å². The van der Waals surface area contributed by atoms with Gasteiger partial charge in [-0.3, -0.25) is 4.79 Å². The third-order valence-electron chi connectivity index (χ3n) is 7.26. The summed E-state index contributed by atoms with van der Waals surface area (Å²) < 4.78 is 14.4. The van der Waals surface area contributed by atoms with Gasteiger partial charge in [0.05, 0.1) is 12.1 Å². The Hall–Kier alpha value is -3.21. The molecule has 0 spiro atoms. The summed E-state index contributed by atoms with van der Waals surface area (Å²) in [5, 5.41) is 4.45. The molecule has 0 fully saturated rings. The van der Waals surface area contributed by atoms with E-state index in [1.165, 1.54) is 22.3 Å². The molecule has 5 nitrogen and oxygen atoms in total. The lowest BCUT2D eigenvalue weighted by molar-refractivity contribution is 0.274. The molecule has 232 valence electrons. The first-order chi connectivity index (χ1) is 20.2. The first kappa shape index (κ1) is 35.0. The fraction of sp³-hybridized carbons (Fsp3) is 0.541. The Balaban J connectivity index is 2.42. The van der Waals surface area contributed by atoms with Gasteiger partial charge in [-0.2, -0.15) is 0 Å². The van der Waals surface area contributed by atoms with Gasteiger partial charge in [0.2, 0.25) is 5.75 Å². The minimum Gasteiger partial charge on any atom is -0.485 e. The molecule has 5 heteroatoms. The standard InChI is InChI=1S/C37H56N2O3/c1-9-11-24-39-34-27-32(38-23-21-30(7)17-13-15-28(3)4)19-20-33(34)35(36(37(39)40)41-25-12-10-2)42-26-22-31(8)18-14-16-29(5)6/h15-16,19-22,27,38H,9-14,17-18,23-26H2,1-8H3/b30-21+,31-22+. The van der Waals surface area contributed by atoms with Crippen LogP contribution >= 0.6 is 0 Å². The van der Waals surface area contributed by atoms with Gasteiger partial charge < -0.3 is 19.4 Å². The minimum atomic E-state index is -0.113. The van der Waals surface area contributed by atoms with Crippen LogP contribution in [-0.2, 0) is 6.54 Å². The highest BCUT2D eigenvalue weighted by Gasteiger charge is 2.20. The summed E-state index contributed by atoms with van der Waals surface area (Å²) in [6.07, 6.45) is 16.9. The van der Waals surface area contributed by atoms with Crippen molar-refractivity contribution in [3.8, 4) is 11.5 Å². The normalized spacial score (nSPS) is 11.9. The van der Waals surface area contributed by atoms with Crippen molar-refractivity contribution < 1.29 is 9.47 Å². The Labute approximate surface area is 255 Å². The highest BCUT2D eigenvalue weighted by Crippen LogP contribution is 2.35. The summed E-state index contributed by atoms with van der Waals surface area (Å²) in [5.74, 6) is 0.882. The van der Waals surface area contributed by atoms with Crippen molar-refractivity contribution in [2.24, 2.45) is 0 Å². The molecule has 0 aliphatic rings. The van der Waals surface area contributed by atoms with Gasteiger partial charge in [0.25, 0.3) is 5.56 Å².